The number of carbonyl (C=O) groups is 2. The number of esters is 1. The van der Waals surface area contributed by atoms with E-state index in [2.05, 4.69) is 4.98 Å². The van der Waals surface area contributed by atoms with Gasteiger partial charge in [-0.25, -0.2) is 9.78 Å². The number of nitrogens with zero attached hydrogens (tertiary/aromatic N) is 1. The topological polar surface area (TPSA) is 68.3 Å². The van der Waals surface area contributed by atoms with Gasteiger partial charge >= 0.3 is 12.1 Å². The van der Waals surface area contributed by atoms with Gasteiger partial charge in [0.2, 0.25) is 0 Å². The summed E-state index contributed by atoms with van der Waals surface area (Å²) in [6, 6.07) is 14.3. The second-order valence-corrected chi connectivity index (χ2v) is 6.86. The number of hydrogen-bond donors (Lipinski definition) is 1. The number of pyridine rings is 1. The first-order valence-electron chi connectivity index (χ1n) is 9.12. The molecule has 0 bridgehead atoms. The van der Waals surface area contributed by atoms with Gasteiger partial charge in [-0.05, 0) is 31.5 Å². The van der Waals surface area contributed by atoms with Gasteiger partial charge in [0.15, 0.2) is 6.61 Å². The van der Waals surface area contributed by atoms with Crippen molar-refractivity contribution in [1.82, 2.24) is 10.3 Å². The van der Waals surface area contributed by atoms with Crippen LogP contribution in [0.3, 0.4) is 0 Å². The number of para-hydroxylation sites is 1. The van der Waals surface area contributed by atoms with Gasteiger partial charge in [0.05, 0.1) is 16.8 Å². The maximum absolute atomic E-state index is 12.6. The SMILES string of the molecule is Cc1ccc(-c2cc(C(=O)OCC(=O)NCC(F)(F)F)c3ccccc3n2)c(C)c1. The van der Waals surface area contributed by atoms with E-state index in [1.54, 1.807) is 35.6 Å². The van der Waals surface area contributed by atoms with Crippen LogP contribution in [-0.2, 0) is 9.53 Å². The molecule has 0 radical (unpaired) electrons. The van der Waals surface area contributed by atoms with E-state index in [9.17, 15) is 22.8 Å². The Balaban J connectivity index is 1.89. The summed E-state index contributed by atoms with van der Waals surface area (Å²) in [5.41, 5.74) is 4.19. The van der Waals surface area contributed by atoms with Crippen molar-refractivity contribution in [3.63, 3.8) is 0 Å². The van der Waals surface area contributed by atoms with Crippen molar-refractivity contribution in [2.24, 2.45) is 0 Å². The van der Waals surface area contributed by atoms with Gasteiger partial charge in [0.1, 0.15) is 6.54 Å². The van der Waals surface area contributed by atoms with Gasteiger partial charge in [-0.15, -0.1) is 0 Å². The number of rotatable bonds is 5. The molecule has 5 nitrogen and oxygen atoms in total. The molecule has 156 valence electrons. The minimum atomic E-state index is -4.54. The Hall–Kier alpha value is -3.42. The fourth-order valence-electron chi connectivity index (χ4n) is 3.04. The van der Waals surface area contributed by atoms with Gasteiger partial charge in [-0.1, -0.05) is 42.0 Å². The van der Waals surface area contributed by atoms with Crippen molar-refractivity contribution in [1.29, 1.82) is 0 Å². The fraction of sp³-hybridized carbons (Fsp3) is 0.227. The molecule has 0 atom stereocenters. The molecule has 2 aromatic carbocycles. The van der Waals surface area contributed by atoms with Crippen LogP contribution in [-0.4, -0.2) is 36.2 Å². The molecule has 3 rings (SSSR count). The number of hydrogen-bond acceptors (Lipinski definition) is 4. The van der Waals surface area contributed by atoms with E-state index in [1.165, 1.54) is 0 Å². The van der Waals surface area contributed by atoms with Crippen LogP contribution in [0.15, 0.2) is 48.5 Å². The fourth-order valence-corrected chi connectivity index (χ4v) is 3.04. The first-order chi connectivity index (χ1) is 14.1. The van der Waals surface area contributed by atoms with Crippen molar-refractivity contribution in [2.75, 3.05) is 13.2 Å². The van der Waals surface area contributed by atoms with E-state index in [0.717, 1.165) is 16.7 Å². The van der Waals surface area contributed by atoms with Gasteiger partial charge < -0.3 is 10.1 Å². The zero-order valence-electron chi connectivity index (χ0n) is 16.3. The molecule has 30 heavy (non-hydrogen) atoms. The number of halogens is 3. The van der Waals surface area contributed by atoms with E-state index < -0.39 is 31.2 Å². The van der Waals surface area contributed by atoms with E-state index >= 15 is 0 Å². The number of ether oxygens (including phenoxy) is 1. The summed E-state index contributed by atoms with van der Waals surface area (Å²) in [7, 11) is 0. The Kier molecular flexibility index (Phi) is 6.05. The van der Waals surface area contributed by atoms with E-state index in [0.29, 0.717) is 16.6 Å². The molecule has 8 heteroatoms. The second-order valence-electron chi connectivity index (χ2n) is 6.86. The number of alkyl halides is 3. The third-order valence-corrected chi connectivity index (χ3v) is 4.41. The van der Waals surface area contributed by atoms with Crippen LogP contribution in [0, 0.1) is 13.8 Å². The Morgan fingerprint density at radius 3 is 2.50 bits per heavy atom. The number of amides is 1. The first kappa shape index (κ1) is 21.3. The summed E-state index contributed by atoms with van der Waals surface area (Å²) >= 11 is 0. The average molecular weight is 416 g/mol. The highest BCUT2D eigenvalue weighted by atomic mass is 19.4. The number of nitrogens with one attached hydrogen (secondary N) is 1. The Morgan fingerprint density at radius 1 is 1.07 bits per heavy atom. The summed E-state index contributed by atoms with van der Waals surface area (Å²) in [5.74, 6) is -1.85. The van der Waals surface area contributed by atoms with Gasteiger partial charge in [-0.2, -0.15) is 13.2 Å². The molecular formula is C22H19F3N2O3. The zero-order chi connectivity index (χ0) is 21.9. The molecule has 1 aromatic heterocycles. The molecule has 0 saturated heterocycles. The van der Waals surface area contributed by atoms with Gasteiger partial charge in [0.25, 0.3) is 5.91 Å². The van der Waals surface area contributed by atoms with Crippen LogP contribution in [0.2, 0.25) is 0 Å². The summed E-state index contributed by atoms with van der Waals surface area (Å²) < 4.78 is 41.5. The number of benzene rings is 2. The molecule has 0 saturated carbocycles. The van der Waals surface area contributed by atoms with Crippen molar-refractivity contribution >= 4 is 22.8 Å². The van der Waals surface area contributed by atoms with Crippen LogP contribution in [0.25, 0.3) is 22.2 Å². The maximum Gasteiger partial charge on any atom is 0.405 e. The minimum absolute atomic E-state index is 0.180. The van der Waals surface area contributed by atoms with E-state index in [4.69, 9.17) is 4.74 Å². The number of fused-ring (bicyclic) bond motifs is 1. The van der Waals surface area contributed by atoms with E-state index in [-0.39, 0.29) is 5.56 Å². The molecule has 1 N–H and O–H groups in total. The third-order valence-electron chi connectivity index (χ3n) is 4.41. The lowest BCUT2D eigenvalue weighted by Crippen LogP contribution is -2.36. The predicted octanol–water partition coefficient (Wildman–Crippen LogP) is 4.35. The first-order valence-corrected chi connectivity index (χ1v) is 9.12. The minimum Gasteiger partial charge on any atom is -0.452 e. The quantitative estimate of drug-likeness (QED) is 0.628. The highest BCUT2D eigenvalue weighted by Crippen LogP contribution is 2.28. The standard InChI is InChI=1S/C22H19F3N2O3/c1-13-7-8-15(14(2)9-13)19-10-17(16-5-3-4-6-18(16)27-19)21(29)30-11-20(28)26-12-22(23,24)25/h3-10H,11-12H2,1-2H3,(H,26,28). The normalized spacial score (nSPS) is 11.4. The van der Waals surface area contributed by atoms with Gasteiger partial charge in [0, 0.05) is 10.9 Å². The molecule has 0 spiro atoms. The summed E-state index contributed by atoms with van der Waals surface area (Å²) in [6.07, 6.45) is -4.54. The van der Waals surface area contributed by atoms with Crippen LogP contribution >= 0.6 is 0 Å². The molecule has 0 fully saturated rings. The Bertz CT molecular complexity index is 1110. The smallest absolute Gasteiger partial charge is 0.405 e. The van der Waals surface area contributed by atoms with Crippen LogP contribution in [0.5, 0.6) is 0 Å². The lowest BCUT2D eigenvalue weighted by Gasteiger charge is -2.12. The third kappa shape index (κ3) is 5.14. The molecule has 0 aliphatic heterocycles. The van der Waals surface area contributed by atoms with E-state index in [1.807, 2.05) is 32.0 Å². The van der Waals surface area contributed by atoms with Crippen molar-refractivity contribution < 1.29 is 27.5 Å². The molecular weight excluding hydrogens is 397 g/mol. The Morgan fingerprint density at radius 2 is 1.80 bits per heavy atom. The van der Waals surface area contributed by atoms with Crippen LogP contribution in [0.4, 0.5) is 13.2 Å². The van der Waals surface area contributed by atoms with Crippen LogP contribution in [0.1, 0.15) is 21.5 Å². The van der Waals surface area contributed by atoms with Crippen molar-refractivity contribution in [3.8, 4) is 11.3 Å². The molecule has 3 aromatic rings. The van der Waals surface area contributed by atoms with Crippen molar-refractivity contribution in [2.45, 2.75) is 20.0 Å². The average Bonchev–Trinajstić information content (AvgIpc) is 2.69. The second kappa shape index (κ2) is 8.52. The number of aromatic nitrogens is 1. The molecule has 0 unspecified atom stereocenters. The number of aryl methyl sites for hydroxylation is 2. The highest BCUT2D eigenvalue weighted by Gasteiger charge is 2.28. The number of carbonyl (C=O) groups excluding carboxylic acids is 2. The summed E-state index contributed by atoms with van der Waals surface area (Å²) in [6.45, 7) is 1.60. The monoisotopic (exact) mass is 416 g/mol. The highest BCUT2D eigenvalue weighted by molar-refractivity contribution is 6.05. The predicted molar refractivity (Wildman–Crippen MR) is 106 cm³/mol. The van der Waals surface area contributed by atoms with Crippen molar-refractivity contribution in [3.05, 3.63) is 65.2 Å². The lowest BCUT2D eigenvalue weighted by atomic mass is 9.99. The molecule has 1 amide bonds. The lowest BCUT2D eigenvalue weighted by molar-refractivity contribution is -0.140. The summed E-state index contributed by atoms with van der Waals surface area (Å²) in [4.78, 5) is 28.8. The largest absolute Gasteiger partial charge is 0.452 e. The van der Waals surface area contributed by atoms with Gasteiger partial charge in [-0.3, -0.25) is 4.79 Å². The Labute approximate surface area is 170 Å². The molecule has 1 heterocycles. The molecule has 0 aliphatic rings. The zero-order valence-corrected chi connectivity index (χ0v) is 16.3. The van der Waals surface area contributed by atoms with Crippen LogP contribution < -0.4 is 5.32 Å². The molecule has 0 aliphatic carbocycles. The summed E-state index contributed by atoms with van der Waals surface area (Å²) in [5, 5.41) is 2.18. The maximum atomic E-state index is 12.6.